The lowest BCUT2D eigenvalue weighted by Gasteiger charge is -2.12. The molecule has 0 spiro atoms. The minimum absolute atomic E-state index is 0.0145. The first-order valence-electron chi connectivity index (χ1n) is 5.98. The Labute approximate surface area is 122 Å². The average Bonchev–Trinajstić information content (AvgIpc) is 2.47. The summed E-state index contributed by atoms with van der Waals surface area (Å²) in [7, 11) is -2.34. The van der Waals surface area contributed by atoms with Crippen molar-refractivity contribution >= 4 is 21.4 Å². The zero-order chi connectivity index (χ0) is 15.5. The van der Waals surface area contributed by atoms with Gasteiger partial charge in [0.25, 0.3) is 10.0 Å². The molecule has 2 aromatic carbocycles. The predicted molar refractivity (Wildman–Crippen MR) is 77.9 cm³/mol. The van der Waals surface area contributed by atoms with Crippen LogP contribution in [0.25, 0.3) is 0 Å². The molecule has 2 aromatic rings. The first-order chi connectivity index (χ1) is 9.99. The molecule has 0 aliphatic rings. The van der Waals surface area contributed by atoms with Crippen LogP contribution in [0.3, 0.4) is 0 Å². The van der Waals surface area contributed by atoms with Crippen LogP contribution in [0, 0.1) is 17.1 Å². The number of halogens is 1. The minimum atomic E-state index is -3.94. The van der Waals surface area contributed by atoms with Crippen LogP contribution >= 0.6 is 0 Å². The third-order valence-corrected chi connectivity index (χ3v) is 4.24. The van der Waals surface area contributed by atoms with Crippen LogP contribution < -0.4 is 10.0 Å². The Morgan fingerprint density at radius 2 is 1.76 bits per heavy atom. The molecule has 0 aliphatic carbocycles. The maximum Gasteiger partial charge on any atom is 0.263 e. The van der Waals surface area contributed by atoms with E-state index in [0.717, 1.165) is 6.07 Å². The molecule has 21 heavy (non-hydrogen) atoms. The summed E-state index contributed by atoms with van der Waals surface area (Å²) in [5.41, 5.74) is -0.0358. The smallest absolute Gasteiger partial charge is 0.263 e. The Hall–Kier alpha value is -2.59. The normalized spacial score (nSPS) is 10.7. The van der Waals surface area contributed by atoms with Crippen molar-refractivity contribution < 1.29 is 12.8 Å². The van der Waals surface area contributed by atoms with E-state index in [9.17, 15) is 12.8 Å². The molecule has 0 aliphatic heterocycles. The summed E-state index contributed by atoms with van der Waals surface area (Å²) in [6.45, 7) is 0. The zero-order valence-corrected chi connectivity index (χ0v) is 11.9. The van der Waals surface area contributed by atoms with E-state index in [1.54, 1.807) is 31.3 Å². The molecule has 2 N–H and O–H groups in total. The number of nitrogens with one attached hydrogen (secondary N) is 2. The van der Waals surface area contributed by atoms with Crippen molar-refractivity contribution in [1.29, 1.82) is 5.26 Å². The number of para-hydroxylation sites is 1. The van der Waals surface area contributed by atoms with E-state index in [4.69, 9.17) is 5.26 Å². The highest BCUT2D eigenvalue weighted by Gasteiger charge is 2.20. The van der Waals surface area contributed by atoms with Crippen LogP contribution in [0.2, 0.25) is 0 Å². The minimum Gasteiger partial charge on any atom is -0.387 e. The van der Waals surface area contributed by atoms with E-state index in [0.29, 0.717) is 5.69 Å². The fourth-order valence-electron chi connectivity index (χ4n) is 1.83. The SMILES string of the molecule is CNc1ccccc1S(=O)(=O)Nc1cccc(F)c1C#N. The van der Waals surface area contributed by atoms with Gasteiger partial charge in [-0.15, -0.1) is 0 Å². The third kappa shape index (κ3) is 2.95. The molecule has 0 saturated carbocycles. The summed E-state index contributed by atoms with van der Waals surface area (Å²) >= 11 is 0. The van der Waals surface area contributed by atoms with Crippen molar-refractivity contribution in [1.82, 2.24) is 0 Å². The van der Waals surface area contributed by atoms with Gasteiger partial charge in [0, 0.05) is 7.05 Å². The number of rotatable bonds is 4. The van der Waals surface area contributed by atoms with Crippen LogP contribution in [0.15, 0.2) is 47.4 Å². The summed E-state index contributed by atoms with van der Waals surface area (Å²) in [5, 5.41) is 11.7. The second-order valence-electron chi connectivity index (χ2n) is 4.13. The fraction of sp³-hybridized carbons (Fsp3) is 0.0714. The molecule has 0 unspecified atom stereocenters. The van der Waals surface area contributed by atoms with Gasteiger partial charge in [-0.05, 0) is 24.3 Å². The lowest BCUT2D eigenvalue weighted by Crippen LogP contribution is -2.15. The summed E-state index contributed by atoms with van der Waals surface area (Å²) in [6, 6.07) is 11.7. The van der Waals surface area contributed by atoms with E-state index >= 15 is 0 Å². The van der Waals surface area contributed by atoms with Crippen molar-refractivity contribution in [2.75, 3.05) is 17.1 Å². The molecule has 5 nitrogen and oxygen atoms in total. The quantitative estimate of drug-likeness (QED) is 0.909. The molecule has 108 valence electrons. The van der Waals surface area contributed by atoms with Gasteiger partial charge in [-0.25, -0.2) is 12.8 Å². The van der Waals surface area contributed by atoms with Gasteiger partial charge in [0.1, 0.15) is 22.3 Å². The van der Waals surface area contributed by atoms with Gasteiger partial charge in [0.15, 0.2) is 0 Å². The number of benzene rings is 2. The Bertz CT molecular complexity index is 813. The van der Waals surface area contributed by atoms with Crippen LogP contribution in [0.5, 0.6) is 0 Å². The molecule has 0 radical (unpaired) electrons. The van der Waals surface area contributed by atoms with Crippen LogP contribution in [0.4, 0.5) is 15.8 Å². The molecule has 7 heteroatoms. The van der Waals surface area contributed by atoms with E-state index < -0.39 is 15.8 Å². The van der Waals surface area contributed by atoms with Gasteiger partial charge in [-0.1, -0.05) is 18.2 Å². The van der Waals surface area contributed by atoms with E-state index in [-0.39, 0.29) is 16.1 Å². The molecule has 2 rings (SSSR count). The first-order valence-corrected chi connectivity index (χ1v) is 7.46. The second kappa shape index (κ2) is 5.81. The van der Waals surface area contributed by atoms with Crippen molar-refractivity contribution in [2.45, 2.75) is 4.90 Å². The molecule has 0 atom stereocenters. The maximum absolute atomic E-state index is 13.5. The fourth-order valence-corrected chi connectivity index (χ4v) is 3.12. The molecule has 0 fully saturated rings. The zero-order valence-electron chi connectivity index (χ0n) is 11.1. The average molecular weight is 305 g/mol. The topological polar surface area (TPSA) is 82.0 Å². The number of nitrogens with zero attached hydrogens (tertiary/aromatic N) is 1. The van der Waals surface area contributed by atoms with E-state index in [1.165, 1.54) is 18.2 Å². The van der Waals surface area contributed by atoms with Crippen molar-refractivity contribution in [3.63, 3.8) is 0 Å². The number of nitriles is 1. The monoisotopic (exact) mass is 305 g/mol. The number of hydrogen-bond acceptors (Lipinski definition) is 4. The van der Waals surface area contributed by atoms with Crippen LogP contribution in [-0.4, -0.2) is 15.5 Å². The molecule has 0 bridgehead atoms. The molecular formula is C14H12FN3O2S. The molecule has 0 heterocycles. The summed E-state index contributed by atoms with van der Waals surface area (Å²) in [6.07, 6.45) is 0. The highest BCUT2D eigenvalue weighted by molar-refractivity contribution is 7.92. The van der Waals surface area contributed by atoms with Crippen molar-refractivity contribution in [3.05, 3.63) is 53.8 Å². The van der Waals surface area contributed by atoms with Crippen LogP contribution in [0.1, 0.15) is 5.56 Å². The van der Waals surface area contributed by atoms with Gasteiger partial charge in [-0.2, -0.15) is 5.26 Å². The lowest BCUT2D eigenvalue weighted by molar-refractivity contribution is 0.601. The van der Waals surface area contributed by atoms with E-state index in [1.807, 2.05) is 0 Å². The standard InChI is InChI=1S/C14H12FN3O2S/c1-17-13-6-2-3-8-14(13)21(19,20)18-12-7-4-5-11(15)10(12)9-16/h2-8,17-18H,1H3. The number of anilines is 2. The summed E-state index contributed by atoms with van der Waals surface area (Å²) < 4.78 is 40.5. The number of hydrogen-bond donors (Lipinski definition) is 2. The highest BCUT2D eigenvalue weighted by atomic mass is 32.2. The Morgan fingerprint density at radius 3 is 2.43 bits per heavy atom. The third-order valence-electron chi connectivity index (χ3n) is 2.82. The van der Waals surface area contributed by atoms with Gasteiger partial charge in [-0.3, -0.25) is 4.72 Å². The Morgan fingerprint density at radius 1 is 1.10 bits per heavy atom. The van der Waals surface area contributed by atoms with Gasteiger partial charge in [0.2, 0.25) is 0 Å². The Kier molecular flexibility index (Phi) is 4.10. The lowest BCUT2D eigenvalue weighted by atomic mass is 10.2. The van der Waals surface area contributed by atoms with E-state index in [2.05, 4.69) is 10.0 Å². The predicted octanol–water partition coefficient (Wildman–Crippen LogP) is 2.54. The Balaban J connectivity index is 2.48. The number of sulfonamides is 1. The van der Waals surface area contributed by atoms with Gasteiger partial charge in [0.05, 0.1) is 11.4 Å². The molecule has 0 saturated heterocycles. The largest absolute Gasteiger partial charge is 0.387 e. The summed E-state index contributed by atoms with van der Waals surface area (Å²) in [4.78, 5) is 0.0145. The van der Waals surface area contributed by atoms with Crippen LogP contribution in [-0.2, 0) is 10.0 Å². The molecular weight excluding hydrogens is 293 g/mol. The second-order valence-corrected chi connectivity index (χ2v) is 5.78. The molecule has 0 aromatic heterocycles. The summed E-state index contributed by atoms with van der Waals surface area (Å²) in [5.74, 6) is -0.778. The maximum atomic E-state index is 13.5. The van der Waals surface area contributed by atoms with Gasteiger partial charge < -0.3 is 5.32 Å². The van der Waals surface area contributed by atoms with Gasteiger partial charge >= 0.3 is 0 Å². The first kappa shape index (κ1) is 14.8. The van der Waals surface area contributed by atoms with Crippen molar-refractivity contribution in [3.8, 4) is 6.07 Å². The highest BCUT2D eigenvalue weighted by Crippen LogP contribution is 2.25. The molecule has 0 amide bonds. The van der Waals surface area contributed by atoms with Crippen molar-refractivity contribution in [2.24, 2.45) is 0 Å².